The van der Waals surface area contributed by atoms with Gasteiger partial charge >= 0.3 is 0 Å². The van der Waals surface area contributed by atoms with Gasteiger partial charge in [-0.1, -0.05) is 13.0 Å². The normalized spacial score (nSPS) is 12.6. The summed E-state index contributed by atoms with van der Waals surface area (Å²) < 4.78 is 13.8. The number of aliphatic hydroxyl groups excluding tert-OH is 1. The first kappa shape index (κ1) is 13.0. The third-order valence-corrected chi connectivity index (χ3v) is 3.77. The van der Waals surface area contributed by atoms with Crippen molar-refractivity contribution < 1.29 is 14.3 Å². The van der Waals surface area contributed by atoms with E-state index in [9.17, 15) is 14.3 Å². The van der Waals surface area contributed by atoms with Crippen molar-refractivity contribution in [3.05, 3.63) is 35.0 Å². The molecule has 0 aliphatic rings. The average Bonchev–Trinajstić information content (AvgIpc) is 2.78. The van der Waals surface area contributed by atoms with E-state index in [1.54, 1.807) is 12.1 Å². The lowest BCUT2D eigenvalue weighted by Gasteiger charge is -2.07. The summed E-state index contributed by atoms with van der Waals surface area (Å²) in [5.74, 6) is -0.540. The predicted octanol–water partition coefficient (Wildman–Crippen LogP) is 2.54. The van der Waals surface area contributed by atoms with E-state index in [0.717, 1.165) is 10.1 Å². The summed E-state index contributed by atoms with van der Waals surface area (Å²) >= 11 is 1.25. The molecule has 3 nitrogen and oxygen atoms in total. The van der Waals surface area contributed by atoms with Gasteiger partial charge in [0.25, 0.3) is 5.91 Å². The average molecular weight is 267 g/mol. The molecule has 0 fully saturated rings. The van der Waals surface area contributed by atoms with E-state index in [0.29, 0.717) is 11.3 Å². The highest BCUT2D eigenvalue weighted by molar-refractivity contribution is 7.20. The van der Waals surface area contributed by atoms with E-state index < -0.39 is 6.10 Å². The first-order chi connectivity index (χ1) is 8.60. The van der Waals surface area contributed by atoms with Crippen LogP contribution in [-0.2, 0) is 0 Å². The highest BCUT2D eigenvalue weighted by atomic mass is 32.1. The number of benzene rings is 1. The molecule has 0 bridgehead atoms. The topological polar surface area (TPSA) is 49.3 Å². The summed E-state index contributed by atoms with van der Waals surface area (Å²) in [5, 5.41) is 12.9. The number of fused-ring (bicyclic) bond motifs is 1. The number of rotatable bonds is 4. The molecular formula is C13H14FNO2S. The van der Waals surface area contributed by atoms with Crippen LogP contribution in [0.25, 0.3) is 10.1 Å². The SMILES string of the molecule is CCC(O)CNC(=O)c1cc2ccc(F)cc2s1. The van der Waals surface area contributed by atoms with Crippen LogP contribution in [0.1, 0.15) is 23.0 Å². The van der Waals surface area contributed by atoms with Crippen LogP contribution in [0.4, 0.5) is 4.39 Å². The number of carbonyl (C=O) groups is 1. The lowest BCUT2D eigenvalue weighted by molar-refractivity contribution is 0.0918. The minimum Gasteiger partial charge on any atom is -0.391 e. The first-order valence-electron chi connectivity index (χ1n) is 5.75. The summed E-state index contributed by atoms with van der Waals surface area (Å²) in [6.45, 7) is 2.08. The van der Waals surface area contributed by atoms with Crippen LogP contribution in [0.2, 0.25) is 0 Å². The van der Waals surface area contributed by atoms with Gasteiger partial charge in [0.1, 0.15) is 5.82 Å². The Morgan fingerprint density at radius 1 is 1.50 bits per heavy atom. The highest BCUT2D eigenvalue weighted by Gasteiger charge is 2.11. The van der Waals surface area contributed by atoms with Crippen LogP contribution in [0.15, 0.2) is 24.3 Å². The van der Waals surface area contributed by atoms with Crippen LogP contribution in [0.5, 0.6) is 0 Å². The molecule has 2 aromatic rings. The maximum Gasteiger partial charge on any atom is 0.261 e. The Morgan fingerprint density at radius 3 is 3.00 bits per heavy atom. The quantitative estimate of drug-likeness (QED) is 0.894. The van der Waals surface area contributed by atoms with Crippen molar-refractivity contribution in [2.24, 2.45) is 0 Å². The molecule has 0 saturated heterocycles. The lowest BCUT2D eigenvalue weighted by Crippen LogP contribution is -2.31. The second-order valence-corrected chi connectivity index (χ2v) is 5.15. The van der Waals surface area contributed by atoms with E-state index >= 15 is 0 Å². The van der Waals surface area contributed by atoms with Gasteiger partial charge in [-0.3, -0.25) is 4.79 Å². The smallest absolute Gasteiger partial charge is 0.261 e. The minimum absolute atomic E-state index is 0.232. The van der Waals surface area contributed by atoms with E-state index in [4.69, 9.17) is 0 Å². The molecule has 0 radical (unpaired) electrons. The maximum atomic E-state index is 13.0. The first-order valence-corrected chi connectivity index (χ1v) is 6.57. The summed E-state index contributed by atoms with van der Waals surface area (Å²) in [5.41, 5.74) is 0. The Balaban J connectivity index is 2.13. The molecule has 0 saturated carbocycles. The largest absolute Gasteiger partial charge is 0.391 e. The molecule has 1 atom stereocenters. The number of nitrogens with one attached hydrogen (secondary N) is 1. The minimum atomic E-state index is -0.527. The number of thiophene rings is 1. The van der Waals surface area contributed by atoms with E-state index in [2.05, 4.69) is 5.32 Å². The Kier molecular flexibility index (Phi) is 3.93. The number of hydrogen-bond donors (Lipinski definition) is 2. The van der Waals surface area contributed by atoms with E-state index in [1.807, 2.05) is 6.92 Å². The highest BCUT2D eigenvalue weighted by Crippen LogP contribution is 2.26. The third kappa shape index (κ3) is 2.86. The van der Waals surface area contributed by atoms with Gasteiger partial charge in [0.15, 0.2) is 0 Å². The molecule has 1 unspecified atom stereocenters. The summed E-state index contributed by atoms with van der Waals surface area (Å²) in [6, 6.07) is 6.17. The molecule has 1 aromatic carbocycles. The van der Waals surface area contributed by atoms with Crippen molar-refractivity contribution in [1.29, 1.82) is 0 Å². The number of aliphatic hydroxyl groups is 1. The fourth-order valence-electron chi connectivity index (χ4n) is 1.56. The molecule has 1 amide bonds. The van der Waals surface area contributed by atoms with Gasteiger partial charge in [-0.15, -0.1) is 11.3 Å². The second kappa shape index (κ2) is 5.46. The zero-order valence-electron chi connectivity index (χ0n) is 9.94. The van der Waals surface area contributed by atoms with Crippen molar-refractivity contribution in [3.63, 3.8) is 0 Å². The molecule has 2 rings (SSSR count). The Labute approximate surface area is 108 Å². The molecule has 1 heterocycles. The summed E-state index contributed by atoms with van der Waals surface area (Å²) in [6.07, 6.45) is 0.0681. The Morgan fingerprint density at radius 2 is 2.28 bits per heavy atom. The fraction of sp³-hybridized carbons (Fsp3) is 0.308. The van der Waals surface area contributed by atoms with Gasteiger partial charge in [-0.05, 0) is 30.0 Å². The Hall–Kier alpha value is -1.46. The van der Waals surface area contributed by atoms with Crippen molar-refractivity contribution in [2.75, 3.05) is 6.54 Å². The molecular weight excluding hydrogens is 253 g/mol. The molecule has 1 aromatic heterocycles. The molecule has 0 aliphatic heterocycles. The molecule has 5 heteroatoms. The van der Waals surface area contributed by atoms with Gasteiger partial charge < -0.3 is 10.4 Å². The zero-order chi connectivity index (χ0) is 13.1. The Bertz CT molecular complexity index is 567. The van der Waals surface area contributed by atoms with Crippen LogP contribution >= 0.6 is 11.3 Å². The molecule has 0 aliphatic carbocycles. The zero-order valence-corrected chi connectivity index (χ0v) is 10.8. The van der Waals surface area contributed by atoms with Gasteiger partial charge in [-0.2, -0.15) is 0 Å². The monoisotopic (exact) mass is 267 g/mol. The van der Waals surface area contributed by atoms with Crippen molar-refractivity contribution in [3.8, 4) is 0 Å². The lowest BCUT2D eigenvalue weighted by atomic mass is 10.2. The van der Waals surface area contributed by atoms with E-state index in [-0.39, 0.29) is 18.3 Å². The van der Waals surface area contributed by atoms with Crippen molar-refractivity contribution in [2.45, 2.75) is 19.4 Å². The second-order valence-electron chi connectivity index (χ2n) is 4.06. The number of amides is 1. The molecule has 0 spiro atoms. The van der Waals surface area contributed by atoms with Crippen molar-refractivity contribution >= 4 is 27.3 Å². The summed E-state index contributed by atoms with van der Waals surface area (Å²) in [7, 11) is 0. The number of hydrogen-bond acceptors (Lipinski definition) is 3. The van der Waals surface area contributed by atoms with E-state index in [1.165, 1.54) is 23.5 Å². The van der Waals surface area contributed by atoms with Gasteiger partial charge in [-0.25, -0.2) is 4.39 Å². The van der Waals surface area contributed by atoms with Crippen LogP contribution in [-0.4, -0.2) is 23.7 Å². The maximum absolute atomic E-state index is 13.0. The summed E-state index contributed by atoms with van der Waals surface area (Å²) in [4.78, 5) is 12.3. The van der Waals surface area contributed by atoms with Crippen LogP contribution < -0.4 is 5.32 Å². The third-order valence-electron chi connectivity index (χ3n) is 2.68. The van der Waals surface area contributed by atoms with Gasteiger partial charge in [0.05, 0.1) is 11.0 Å². The number of halogens is 1. The van der Waals surface area contributed by atoms with Gasteiger partial charge in [0.2, 0.25) is 0 Å². The van der Waals surface area contributed by atoms with Crippen molar-refractivity contribution in [1.82, 2.24) is 5.32 Å². The number of carbonyl (C=O) groups excluding carboxylic acids is 1. The molecule has 96 valence electrons. The fourth-order valence-corrected chi connectivity index (χ4v) is 2.56. The molecule has 2 N–H and O–H groups in total. The van der Waals surface area contributed by atoms with Gasteiger partial charge in [0, 0.05) is 11.2 Å². The molecule has 18 heavy (non-hydrogen) atoms. The predicted molar refractivity (Wildman–Crippen MR) is 70.4 cm³/mol. The van der Waals surface area contributed by atoms with Crippen LogP contribution in [0.3, 0.4) is 0 Å². The standard InChI is InChI=1S/C13H14FNO2S/c1-2-10(16)7-15-13(17)12-5-8-3-4-9(14)6-11(8)18-12/h3-6,10,16H,2,7H2,1H3,(H,15,17). The van der Waals surface area contributed by atoms with Crippen LogP contribution in [0, 0.1) is 5.82 Å².